The summed E-state index contributed by atoms with van der Waals surface area (Å²) in [6, 6.07) is 0. The lowest BCUT2D eigenvalue weighted by atomic mass is 9.97. The number of carboxylic acids is 1. The van der Waals surface area contributed by atoms with Crippen molar-refractivity contribution in [3.63, 3.8) is 0 Å². The maximum atomic E-state index is 10.7. The first-order valence-corrected chi connectivity index (χ1v) is 5.12. The molecule has 3 heteroatoms. The highest BCUT2D eigenvalue weighted by Gasteiger charge is 2.24. The lowest BCUT2D eigenvalue weighted by Crippen LogP contribution is -2.11. The fraction of sp³-hybridized carbons (Fsp3) is 0.545. The maximum Gasteiger partial charge on any atom is 0.307 e. The van der Waals surface area contributed by atoms with Crippen LogP contribution < -0.4 is 5.32 Å². The van der Waals surface area contributed by atoms with E-state index in [1.165, 1.54) is 5.70 Å². The molecule has 1 heterocycles. The second-order valence-electron chi connectivity index (χ2n) is 3.90. The molecule has 1 unspecified atom stereocenters. The summed E-state index contributed by atoms with van der Waals surface area (Å²) in [5.74, 6) is -0.175. The lowest BCUT2D eigenvalue weighted by molar-refractivity contribution is -0.136. The third-order valence-electron chi connectivity index (χ3n) is 2.90. The fourth-order valence-electron chi connectivity index (χ4n) is 2.26. The van der Waals surface area contributed by atoms with Gasteiger partial charge in [0.2, 0.25) is 0 Å². The van der Waals surface area contributed by atoms with E-state index in [0.717, 1.165) is 31.4 Å². The Morgan fingerprint density at radius 3 is 3.21 bits per heavy atom. The summed E-state index contributed by atoms with van der Waals surface area (Å²) in [5.41, 5.74) is 2.15. The highest BCUT2D eigenvalue weighted by atomic mass is 16.4. The molecule has 2 aliphatic rings. The minimum absolute atomic E-state index is 0.148. The first kappa shape index (κ1) is 9.31. The Morgan fingerprint density at radius 2 is 2.43 bits per heavy atom. The van der Waals surface area contributed by atoms with Gasteiger partial charge in [0.15, 0.2) is 0 Å². The molecular formula is C11H15NO2. The van der Waals surface area contributed by atoms with Crippen molar-refractivity contribution in [3.8, 4) is 0 Å². The van der Waals surface area contributed by atoms with Crippen LogP contribution in [0.1, 0.15) is 25.7 Å². The van der Waals surface area contributed by atoms with Gasteiger partial charge in [0.25, 0.3) is 0 Å². The van der Waals surface area contributed by atoms with Crippen molar-refractivity contribution in [3.05, 3.63) is 23.4 Å². The van der Waals surface area contributed by atoms with Crippen molar-refractivity contribution in [1.29, 1.82) is 0 Å². The molecule has 76 valence electrons. The number of nitrogens with one attached hydrogen (secondary N) is 1. The predicted octanol–water partition coefficient (Wildman–Crippen LogP) is 1.67. The van der Waals surface area contributed by atoms with Crippen molar-refractivity contribution in [2.24, 2.45) is 5.92 Å². The van der Waals surface area contributed by atoms with Crippen LogP contribution in [0.5, 0.6) is 0 Å². The summed E-state index contributed by atoms with van der Waals surface area (Å²) >= 11 is 0. The van der Waals surface area contributed by atoms with Gasteiger partial charge in [-0.05, 0) is 24.8 Å². The predicted molar refractivity (Wildman–Crippen MR) is 53.8 cm³/mol. The van der Waals surface area contributed by atoms with Gasteiger partial charge < -0.3 is 10.4 Å². The first-order valence-electron chi connectivity index (χ1n) is 5.12. The highest BCUT2D eigenvalue weighted by molar-refractivity contribution is 5.71. The molecule has 2 N–H and O–H groups in total. The molecule has 0 spiro atoms. The molecular weight excluding hydrogens is 178 g/mol. The topological polar surface area (TPSA) is 49.3 Å². The first-order chi connectivity index (χ1) is 6.77. The quantitative estimate of drug-likeness (QED) is 0.701. The molecule has 2 rings (SSSR count). The highest BCUT2D eigenvalue weighted by Crippen LogP contribution is 2.30. The Hall–Kier alpha value is -1.25. The van der Waals surface area contributed by atoms with Crippen LogP contribution >= 0.6 is 0 Å². The van der Waals surface area contributed by atoms with Crippen LogP contribution in [-0.2, 0) is 4.79 Å². The van der Waals surface area contributed by atoms with Gasteiger partial charge in [-0.25, -0.2) is 0 Å². The average molecular weight is 193 g/mol. The Balaban J connectivity index is 2.25. The molecule has 0 amide bonds. The molecule has 14 heavy (non-hydrogen) atoms. The summed E-state index contributed by atoms with van der Waals surface area (Å²) in [6.07, 6.45) is 7.59. The molecule has 1 saturated heterocycles. The van der Waals surface area contributed by atoms with Crippen molar-refractivity contribution in [2.75, 3.05) is 6.54 Å². The minimum atomic E-state index is -0.744. The molecule has 1 aliphatic heterocycles. The molecule has 0 aromatic rings. The summed E-state index contributed by atoms with van der Waals surface area (Å²) < 4.78 is 0. The van der Waals surface area contributed by atoms with Crippen molar-refractivity contribution >= 4 is 5.97 Å². The van der Waals surface area contributed by atoms with Gasteiger partial charge in [-0.2, -0.15) is 0 Å². The third-order valence-corrected chi connectivity index (χ3v) is 2.90. The molecule has 1 fully saturated rings. The number of fused-ring (bicyclic) bond motifs is 1. The van der Waals surface area contributed by atoms with E-state index in [4.69, 9.17) is 5.11 Å². The fourth-order valence-corrected chi connectivity index (χ4v) is 2.26. The summed E-state index contributed by atoms with van der Waals surface area (Å²) in [7, 11) is 0. The van der Waals surface area contributed by atoms with Crippen LogP contribution in [0.4, 0.5) is 0 Å². The number of carboxylic acid groups (broad SMARTS) is 1. The van der Waals surface area contributed by atoms with Crippen LogP contribution in [0.25, 0.3) is 0 Å². The summed E-state index contributed by atoms with van der Waals surface area (Å²) in [6.45, 7) is 0.997. The van der Waals surface area contributed by atoms with Gasteiger partial charge in [-0.15, -0.1) is 0 Å². The van der Waals surface area contributed by atoms with Crippen LogP contribution in [0.15, 0.2) is 23.4 Å². The van der Waals surface area contributed by atoms with Crippen LogP contribution in [-0.4, -0.2) is 17.6 Å². The number of hydrogen-bond acceptors (Lipinski definition) is 2. The van der Waals surface area contributed by atoms with Crippen LogP contribution in [0.2, 0.25) is 0 Å². The largest absolute Gasteiger partial charge is 0.481 e. The van der Waals surface area contributed by atoms with Gasteiger partial charge in [0.05, 0.1) is 6.42 Å². The Bertz CT molecular complexity index is 304. The maximum absolute atomic E-state index is 10.7. The van der Waals surface area contributed by atoms with E-state index in [0.29, 0.717) is 5.92 Å². The van der Waals surface area contributed by atoms with E-state index in [9.17, 15) is 4.79 Å². The smallest absolute Gasteiger partial charge is 0.307 e. The molecule has 0 aromatic heterocycles. The second kappa shape index (κ2) is 3.86. The number of carbonyl (C=O) groups is 1. The normalized spacial score (nSPS) is 25.6. The second-order valence-corrected chi connectivity index (χ2v) is 3.90. The molecule has 0 radical (unpaired) electrons. The third kappa shape index (κ3) is 1.81. The van der Waals surface area contributed by atoms with Crippen molar-refractivity contribution < 1.29 is 9.90 Å². The van der Waals surface area contributed by atoms with Crippen LogP contribution in [0.3, 0.4) is 0 Å². The monoisotopic (exact) mass is 193 g/mol. The number of allylic oxidation sites excluding steroid dienone is 3. The summed E-state index contributed by atoms with van der Waals surface area (Å²) in [4.78, 5) is 10.7. The Morgan fingerprint density at radius 1 is 1.57 bits per heavy atom. The number of rotatable bonds is 2. The van der Waals surface area contributed by atoms with Crippen molar-refractivity contribution in [2.45, 2.75) is 25.7 Å². The molecule has 3 nitrogen and oxygen atoms in total. The lowest BCUT2D eigenvalue weighted by Gasteiger charge is -2.11. The average Bonchev–Trinajstić information content (AvgIpc) is 2.51. The molecule has 1 atom stereocenters. The Labute approximate surface area is 83.5 Å². The van der Waals surface area contributed by atoms with Gasteiger partial charge in [0, 0.05) is 18.2 Å². The van der Waals surface area contributed by atoms with E-state index < -0.39 is 5.97 Å². The van der Waals surface area contributed by atoms with E-state index >= 15 is 0 Å². The summed E-state index contributed by atoms with van der Waals surface area (Å²) in [5, 5.41) is 12.1. The number of hydrogen-bond donors (Lipinski definition) is 2. The Kier molecular flexibility index (Phi) is 2.57. The van der Waals surface area contributed by atoms with Gasteiger partial charge >= 0.3 is 5.97 Å². The molecule has 0 saturated carbocycles. The van der Waals surface area contributed by atoms with E-state index in [1.807, 2.05) is 6.08 Å². The number of aliphatic carboxylic acids is 1. The zero-order valence-electron chi connectivity index (χ0n) is 8.12. The molecule has 0 bridgehead atoms. The van der Waals surface area contributed by atoms with Gasteiger partial charge in [-0.1, -0.05) is 12.2 Å². The zero-order chi connectivity index (χ0) is 9.97. The van der Waals surface area contributed by atoms with Gasteiger partial charge in [-0.3, -0.25) is 4.79 Å². The van der Waals surface area contributed by atoms with E-state index in [1.54, 1.807) is 0 Å². The van der Waals surface area contributed by atoms with Gasteiger partial charge in [0.1, 0.15) is 0 Å². The molecule has 1 aliphatic carbocycles. The zero-order valence-corrected chi connectivity index (χ0v) is 8.12. The molecule has 0 aromatic carbocycles. The SMILES string of the molecule is O=C(O)CC1=C2NCCC2CCC=C1. The van der Waals surface area contributed by atoms with Crippen molar-refractivity contribution in [1.82, 2.24) is 5.32 Å². The van der Waals surface area contributed by atoms with E-state index in [-0.39, 0.29) is 6.42 Å². The van der Waals surface area contributed by atoms with E-state index in [2.05, 4.69) is 11.4 Å². The standard InChI is InChI=1S/C11H15NO2/c13-10(14)7-9-4-2-1-3-8-5-6-12-11(8)9/h2,4,8,12H,1,3,5-7H2,(H,13,14). The minimum Gasteiger partial charge on any atom is -0.481 e. The van der Waals surface area contributed by atoms with Crippen LogP contribution in [0, 0.1) is 5.92 Å².